The van der Waals surface area contributed by atoms with Crippen LogP contribution in [0.3, 0.4) is 0 Å². The second kappa shape index (κ2) is 13.5. The van der Waals surface area contributed by atoms with Crippen molar-refractivity contribution in [2.75, 3.05) is 6.61 Å². The second-order valence-corrected chi connectivity index (χ2v) is 6.29. The average molecular weight is 348 g/mol. The topological polar surface area (TPSA) is 56.5 Å². The smallest absolute Gasteiger partial charge is 0.330 e. The van der Waals surface area contributed by atoms with Gasteiger partial charge in [-0.15, -0.1) is 0 Å². The Hall–Kier alpha value is -1.84. The zero-order valence-electron chi connectivity index (χ0n) is 15.7. The summed E-state index contributed by atoms with van der Waals surface area (Å²) in [5, 5.41) is 0. The van der Waals surface area contributed by atoms with Crippen LogP contribution in [-0.4, -0.2) is 18.4 Å². The monoisotopic (exact) mass is 348 g/mol. The highest BCUT2D eigenvalue weighted by Gasteiger charge is 2.10. The van der Waals surface area contributed by atoms with Gasteiger partial charge in [0.05, 0.1) is 6.61 Å². The normalized spacial score (nSPS) is 11.1. The molecule has 0 aromatic carbocycles. The molecule has 1 aromatic rings. The summed E-state index contributed by atoms with van der Waals surface area (Å²) in [5.41, 5.74) is 0. The molecule has 0 saturated carbocycles. The minimum absolute atomic E-state index is 0.0266. The number of carbonyl (C=O) groups excluding carboxylic acids is 2. The van der Waals surface area contributed by atoms with Crippen LogP contribution in [0.5, 0.6) is 0 Å². The number of furan rings is 1. The number of unbranched alkanes of at least 4 members (excludes halogenated alkanes) is 8. The van der Waals surface area contributed by atoms with E-state index in [2.05, 4.69) is 6.92 Å². The molecule has 1 rings (SSSR count). The molecule has 0 bridgehead atoms. The van der Waals surface area contributed by atoms with Gasteiger partial charge in [-0.3, -0.25) is 4.79 Å². The van der Waals surface area contributed by atoms with Crippen molar-refractivity contribution in [3.8, 4) is 0 Å². The number of Topliss-reactive ketones (excluding diaryl/α,β-unsaturated/α-hetero) is 1. The van der Waals surface area contributed by atoms with Gasteiger partial charge in [0.25, 0.3) is 0 Å². The fourth-order valence-corrected chi connectivity index (χ4v) is 2.65. The quantitative estimate of drug-likeness (QED) is 0.180. The SMILES string of the molecule is CCCCCCCCCCCC(=O)c1ccc(C=CC(=O)OCC)o1. The molecule has 0 N–H and O–H groups in total. The molecule has 0 unspecified atom stereocenters. The third-order valence-corrected chi connectivity index (χ3v) is 4.08. The summed E-state index contributed by atoms with van der Waals surface area (Å²) >= 11 is 0. The molecular formula is C21H32O4. The van der Waals surface area contributed by atoms with Crippen molar-refractivity contribution in [1.29, 1.82) is 0 Å². The van der Waals surface area contributed by atoms with Crippen LogP contribution in [0.15, 0.2) is 22.6 Å². The molecule has 0 atom stereocenters. The number of carbonyl (C=O) groups is 2. The van der Waals surface area contributed by atoms with Gasteiger partial charge in [0.15, 0.2) is 11.5 Å². The summed E-state index contributed by atoms with van der Waals surface area (Å²) in [6.45, 7) is 4.32. The van der Waals surface area contributed by atoms with E-state index in [1.807, 2.05) is 0 Å². The minimum atomic E-state index is -0.415. The van der Waals surface area contributed by atoms with E-state index in [4.69, 9.17) is 9.15 Å². The first-order valence-corrected chi connectivity index (χ1v) is 9.65. The van der Waals surface area contributed by atoms with Gasteiger partial charge in [0, 0.05) is 12.5 Å². The predicted molar refractivity (Wildman–Crippen MR) is 101 cm³/mol. The maximum Gasteiger partial charge on any atom is 0.330 e. The Labute approximate surface area is 151 Å². The van der Waals surface area contributed by atoms with E-state index >= 15 is 0 Å². The molecule has 0 aliphatic rings. The Bertz CT molecular complexity index is 528. The van der Waals surface area contributed by atoms with Crippen molar-refractivity contribution in [2.24, 2.45) is 0 Å². The molecule has 140 valence electrons. The molecule has 1 heterocycles. The molecule has 0 spiro atoms. The van der Waals surface area contributed by atoms with Gasteiger partial charge >= 0.3 is 5.97 Å². The summed E-state index contributed by atoms with van der Waals surface area (Å²) in [7, 11) is 0. The summed E-state index contributed by atoms with van der Waals surface area (Å²) in [5.74, 6) is 0.465. The molecule has 0 radical (unpaired) electrons. The highest BCUT2D eigenvalue weighted by atomic mass is 16.5. The number of hydrogen-bond donors (Lipinski definition) is 0. The zero-order chi connectivity index (χ0) is 18.3. The van der Waals surface area contributed by atoms with Crippen molar-refractivity contribution in [1.82, 2.24) is 0 Å². The fourth-order valence-electron chi connectivity index (χ4n) is 2.65. The second-order valence-electron chi connectivity index (χ2n) is 6.29. The molecule has 0 saturated heterocycles. The maximum absolute atomic E-state index is 12.1. The third kappa shape index (κ3) is 9.90. The van der Waals surface area contributed by atoms with Crippen LogP contribution < -0.4 is 0 Å². The van der Waals surface area contributed by atoms with Gasteiger partial charge in [-0.1, -0.05) is 58.3 Å². The van der Waals surface area contributed by atoms with Gasteiger partial charge in [0.2, 0.25) is 0 Å². The Kier molecular flexibility index (Phi) is 11.4. The van der Waals surface area contributed by atoms with E-state index in [-0.39, 0.29) is 5.78 Å². The molecule has 0 fully saturated rings. The fraction of sp³-hybridized carbons (Fsp3) is 0.619. The highest BCUT2D eigenvalue weighted by Crippen LogP contribution is 2.15. The van der Waals surface area contributed by atoms with Crippen LogP contribution in [-0.2, 0) is 9.53 Å². The van der Waals surface area contributed by atoms with E-state index < -0.39 is 5.97 Å². The largest absolute Gasteiger partial charge is 0.463 e. The summed E-state index contributed by atoms with van der Waals surface area (Å²) in [6.07, 6.45) is 14.4. The number of hydrogen-bond acceptors (Lipinski definition) is 4. The molecule has 0 aliphatic carbocycles. The number of ether oxygens (including phenoxy) is 1. The number of rotatable bonds is 14. The average Bonchev–Trinajstić information content (AvgIpc) is 3.08. The third-order valence-electron chi connectivity index (χ3n) is 4.08. The van der Waals surface area contributed by atoms with E-state index in [9.17, 15) is 9.59 Å². The van der Waals surface area contributed by atoms with Gasteiger partial charge in [-0.25, -0.2) is 4.79 Å². The van der Waals surface area contributed by atoms with Crippen LogP contribution >= 0.6 is 0 Å². The summed E-state index contributed by atoms with van der Waals surface area (Å²) in [4.78, 5) is 23.3. The lowest BCUT2D eigenvalue weighted by Crippen LogP contribution is -1.98. The van der Waals surface area contributed by atoms with Crippen molar-refractivity contribution in [2.45, 2.75) is 78.1 Å². The minimum Gasteiger partial charge on any atom is -0.463 e. The molecule has 0 amide bonds. The molecule has 25 heavy (non-hydrogen) atoms. The van der Waals surface area contributed by atoms with Crippen molar-refractivity contribution in [3.63, 3.8) is 0 Å². The predicted octanol–water partition coefficient (Wildman–Crippen LogP) is 5.96. The van der Waals surface area contributed by atoms with E-state index in [1.165, 1.54) is 57.1 Å². The first-order chi connectivity index (χ1) is 12.2. The lowest BCUT2D eigenvalue weighted by Gasteiger charge is -2.01. The first kappa shape index (κ1) is 21.2. The van der Waals surface area contributed by atoms with Crippen LogP contribution in [0.1, 0.15) is 94.4 Å². The summed E-state index contributed by atoms with van der Waals surface area (Å²) in [6, 6.07) is 3.36. The van der Waals surface area contributed by atoms with Gasteiger partial charge in [0.1, 0.15) is 5.76 Å². The number of ketones is 1. The molecule has 0 aliphatic heterocycles. The first-order valence-electron chi connectivity index (χ1n) is 9.65. The molecule has 4 nitrogen and oxygen atoms in total. The van der Waals surface area contributed by atoms with Gasteiger partial charge < -0.3 is 9.15 Å². The van der Waals surface area contributed by atoms with Crippen LogP contribution in [0, 0.1) is 0 Å². The number of esters is 1. The Morgan fingerprint density at radius 2 is 1.60 bits per heavy atom. The molecule has 4 heteroatoms. The lowest BCUT2D eigenvalue weighted by molar-refractivity contribution is -0.137. The van der Waals surface area contributed by atoms with E-state index in [1.54, 1.807) is 19.1 Å². The Morgan fingerprint density at radius 3 is 2.24 bits per heavy atom. The van der Waals surface area contributed by atoms with Gasteiger partial charge in [-0.2, -0.15) is 0 Å². The lowest BCUT2D eigenvalue weighted by atomic mass is 10.1. The Morgan fingerprint density at radius 1 is 0.960 bits per heavy atom. The zero-order valence-corrected chi connectivity index (χ0v) is 15.7. The highest BCUT2D eigenvalue weighted by molar-refractivity contribution is 5.93. The van der Waals surface area contributed by atoms with Crippen molar-refractivity contribution in [3.05, 3.63) is 29.7 Å². The molecule has 1 aromatic heterocycles. The van der Waals surface area contributed by atoms with Crippen LogP contribution in [0.25, 0.3) is 6.08 Å². The van der Waals surface area contributed by atoms with Crippen LogP contribution in [0.2, 0.25) is 0 Å². The van der Waals surface area contributed by atoms with Gasteiger partial charge in [-0.05, 0) is 31.6 Å². The Balaban J connectivity index is 2.18. The molecular weight excluding hydrogens is 316 g/mol. The summed E-state index contributed by atoms with van der Waals surface area (Å²) < 4.78 is 10.3. The van der Waals surface area contributed by atoms with E-state index in [0.29, 0.717) is 24.5 Å². The van der Waals surface area contributed by atoms with Crippen LogP contribution in [0.4, 0.5) is 0 Å². The maximum atomic E-state index is 12.1. The van der Waals surface area contributed by atoms with E-state index in [0.717, 1.165) is 12.8 Å². The van der Waals surface area contributed by atoms with Crippen molar-refractivity contribution < 1.29 is 18.7 Å². The standard InChI is InChI=1S/C21H32O4/c1-3-5-6-7-8-9-10-11-12-13-19(22)20-16-14-18(25-20)15-17-21(23)24-4-2/h14-17H,3-13H2,1-2H3. The van der Waals surface area contributed by atoms with Crippen molar-refractivity contribution >= 4 is 17.8 Å².